The lowest BCUT2D eigenvalue weighted by Gasteiger charge is -2.24. The van der Waals surface area contributed by atoms with Gasteiger partial charge in [0.25, 0.3) is 5.56 Å². The van der Waals surface area contributed by atoms with Crippen molar-refractivity contribution in [2.24, 2.45) is 10.7 Å². The number of esters is 1. The summed E-state index contributed by atoms with van der Waals surface area (Å²) < 4.78 is 5.44. The van der Waals surface area contributed by atoms with Crippen molar-refractivity contribution in [3.05, 3.63) is 57.5 Å². The van der Waals surface area contributed by atoms with Crippen LogP contribution in [0.2, 0.25) is 0 Å². The highest BCUT2D eigenvalue weighted by Gasteiger charge is 2.24. The van der Waals surface area contributed by atoms with Crippen molar-refractivity contribution in [3.63, 3.8) is 0 Å². The van der Waals surface area contributed by atoms with E-state index in [4.69, 9.17) is 10.5 Å². The van der Waals surface area contributed by atoms with Crippen molar-refractivity contribution in [3.8, 4) is 0 Å². The van der Waals surface area contributed by atoms with Gasteiger partial charge in [0.15, 0.2) is 0 Å². The Kier molecular flexibility index (Phi) is 7.07. The summed E-state index contributed by atoms with van der Waals surface area (Å²) in [4.78, 5) is 34.2. The maximum Gasteiger partial charge on any atom is 0.320 e. The van der Waals surface area contributed by atoms with Gasteiger partial charge in [-0.15, -0.1) is 0 Å². The molecule has 34 heavy (non-hydrogen) atoms. The minimum atomic E-state index is -0.497. The molecule has 0 radical (unpaired) electrons. The van der Waals surface area contributed by atoms with E-state index in [9.17, 15) is 9.59 Å². The average Bonchev–Trinajstić information content (AvgIpc) is 3.14. The van der Waals surface area contributed by atoms with Crippen LogP contribution in [0.4, 0.5) is 11.4 Å². The summed E-state index contributed by atoms with van der Waals surface area (Å²) in [6, 6.07) is 8.08. The van der Waals surface area contributed by atoms with Gasteiger partial charge >= 0.3 is 5.97 Å². The van der Waals surface area contributed by atoms with Crippen LogP contribution >= 0.6 is 0 Å². The first-order valence-electron chi connectivity index (χ1n) is 12.1. The standard InChI is InChI=1S/C26H35N5O3/c1-26(2,3)34-22(32)16-31-14-17-9-10-20(13-18(17)15-31)30-24(27)23-21(11-12-28-25(23)33)29-19-7-5-4-6-8-19/h9-13,19H,4-8,14-16H2,1-3H3,(H2,27,30)(H2,28,29,33). The molecule has 0 saturated heterocycles. The molecule has 1 aromatic carbocycles. The number of anilines is 1. The van der Waals surface area contributed by atoms with Crippen LogP contribution in [0.3, 0.4) is 0 Å². The minimum absolute atomic E-state index is 0.184. The van der Waals surface area contributed by atoms with E-state index in [-0.39, 0.29) is 23.9 Å². The van der Waals surface area contributed by atoms with Gasteiger partial charge in [-0.05, 0) is 62.9 Å². The number of aromatic amines is 1. The summed E-state index contributed by atoms with van der Waals surface area (Å²) in [7, 11) is 0. The first kappa shape index (κ1) is 24.0. The Balaban J connectivity index is 1.49. The van der Waals surface area contributed by atoms with E-state index in [1.165, 1.54) is 19.3 Å². The third-order valence-corrected chi connectivity index (χ3v) is 6.18. The van der Waals surface area contributed by atoms with E-state index >= 15 is 0 Å². The van der Waals surface area contributed by atoms with Crippen molar-refractivity contribution >= 4 is 23.2 Å². The van der Waals surface area contributed by atoms with Gasteiger partial charge in [0.05, 0.1) is 17.9 Å². The molecule has 2 aromatic rings. The highest BCUT2D eigenvalue weighted by molar-refractivity contribution is 6.03. The fourth-order valence-corrected chi connectivity index (χ4v) is 4.70. The number of benzene rings is 1. The largest absolute Gasteiger partial charge is 0.459 e. The molecule has 8 heteroatoms. The molecule has 0 atom stereocenters. The summed E-state index contributed by atoms with van der Waals surface area (Å²) in [5.74, 6) is -0.0483. The summed E-state index contributed by atoms with van der Waals surface area (Å²) >= 11 is 0. The lowest BCUT2D eigenvalue weighted by atomic mass is 9.95. The number of aliphatic imine (C=N–C) groups is 1. The minimum Gasteiger partial charge on any atom is -0.459 e. The van der Waals surface area contributed by atoms with E-state index in [1.807, 2.05) is 49.9 Å². The van der Waals surface area contributed by atoms with Crippen LogP contribution in [-0.2, 0) is 22.6 Å². The SMILES string of the molecule is CC(C)(C)OC(=O)CN1Cc2ccc(N=C(N)c3c(NC4CCCCC4)cc[nH]c3=O)cc2C1. The number of hydrogen-bond acceptors (Lipinski definition) is 6. The first-order chi connectivity index (χ1) is 16.2. The van der Waals surface area contributed by atoms with E-state index in [0.29, 0.717) is 30.4 Å². The van der Waals surface area contributed by atoms with Crippen LogP contribution in [0.15, 0.2) is 40.2 Å². The Labute approximate surface area is 200 Å². The zero-order valence-corrected chi connectivity index (χ0v) is 20.3. The average molecular weight is 466 g/mol. The van der Waals surface area contributed by atoms with Gasteiger partial charge in [0.1, 0.15) is 17.0 Å². The molecule has 0 spiro atoms. The van der Waals surface area contributed by atoms with Gasteiger partial charge in [-0.25, -0.2) is 4.99 Å². The van der Waals surface area contributed by atoms with Crippen LogP contribution < -0.4 is 16.6 Å². The molecule has 1 aliphatic heterocycles. The predicted molar refractivity (Wildman–Crippen MR) is 134 cm³/mol. The maximum atomic E-state index is 12.6. The van der Waals surface area contributed by atoms with E-state index in [1.54, 1.807) is 6.20 Å². The fraction of sp³-hybridized carbons (Fsp3) is 0.500. The molecule has 1 aromatic heterocycles. The van der Waals surface area contributed by atoms with E-state index < -0.39 is 5.60 Å². The third-order valence-electron chi connectivity index (χ3n) is 6.18. The van der Waals surface area contributed by atoms with Crippen LogP contribution in [0.25, 0.3) is 0 Å². The zero-order chi connectivity index (χ0) is 24.3. The number of hydrogen-bond donors (Lipinski definition) is 3. The fourth-order valence-electron chi connectivity index (χ4n) is 4.70. The molecule has 4 rings (SSSR count). The van der Waals surface area contributed by atoms with E-state index in [2.05, 4.69) is 15.3 Å². The molecule has 1 fully saturated rings. The van der Waals surface area contributed by atoms with Gasteiger partial charge < -0.3 is 20.8 Å². The lowest BCUT2D eigenvalue weighted by Crippen LogP contribution is -2.32. The van der Waals surface area contributed by atoms with Crippen LogP contribution in [0.5, 0.6) is 0 Å². The Morgan fingerprint density at radius 2 is 1.91 bits per heavy atom. The third kappa shape index (κ3) is 6.05. The molecule has 1 aliphatic carbocycles. The first-order valence-corrected chi connectivity index (χ1v) is 12.1. The Morgan fingerprint density at radius 1 is 1.18 bits per heavy atom. The number of fused-ring (bicyclic) bond motifs is 1. The zero-order valence-electron chi connectivity index (χ0n) is 20.3. The monoisotopic (exact) mass is 465 g/mol. The number of amidine groups is 1. The number of H-pyrrole nitrogens is 1. The number of nitrogens with two attached hydrogens (primary N) is 1. The molecule has 8 nitrogen and oxygen atoms in total. The summed E-state index contributed by atoms with van der Waals surface area (Å²) in [6.07, 6.45) is 7.47. The molecule has 4 N–H and O–H groups in total. The Morgan fingerprint density at radius 3 is 2.65 bits per heavy atom. The molecule has 2 aliphatic rings. The number of nitrogens with zero attached hydrogens (tertiary/aromatic N) is 2. The highest BCUT2D eigenvalue weighted by atomic mass is 16.6. The highest BCUT2D eigenvalue weighted by Crippen LogP contribution is 2.28. The molecule has 2 heterocycles. The molecule has 0 bridgehead atoms. The number of nitrogens with one attached hydrogen (secondary N) is 2. The van der Waals surface area contributed by atoms with Crippen molar-refractivity contribution in [1.29, 1.82) is 0 Å². The number of pyridine rings is 1. The second kappa shape index (κ2) is 10.0. The second-order valence-electron chi connectivity index (χ2n) is 10.3. The summed E-state index contributed by atoms with van der Waals surface area (Å²) in [6.45, 7) is 7.16. The number of aromatic nitrogens is 1. The Bertz CT molecular complexity index is 1130. The number of ether oxygens (including phenoxy) is 1. The topological polar surface area (TPSA) is 113 Å². The normalized spacial score (nSPS) is 17.4. The van der Waals surface area contributed by atoms with Gasteiger partial charge in [-0.3, -0.25) is 14.5 Å². The summed E-state index contributed by atoms with van der Waals surface area (Å²) in [5.41, 5.74) is 9.62. The van der Waals surface area contributed by atoms with Gasteiger partial charge in [-0.1, -0.05) is 25.3 Å². The molecule has 0 amide bonds. The molecule has 1 saturated carbocycles. The van der Waals surface area contributed by atoms with Crippen molar-refractivity contribution in [1.82, 2.24) is 9.88 Å². The molecule has 182 valence electrons. The van der Waals surface area contributed by atoms with Gasteiger partial charge in [0, 0.05) is 25.3 Å². The summed E-state index contributed by atoms with van der Waals surface area (Å²) in [5, 5.41) is 3.51. The molecular formula is C26H35N5O3. The number of rotatable bonds is 6. The van der Waals surface area contributed by atoms with Crippen LogP contribution in [0.1, 0.15) is 69.6 Å². The lowest BCUT2D eigenvalue weighted by molar-refractivity contribution is -0.156. The van der Waals surface area contributed by atoms with Crippen molar-refractivity contribution < 1.29 is 9.53 Å². The predicted octanol–water partition coefficient (Wildman–Crippen LogP) is 3.81. The number of carbonyl (C=O) groups is 1. The van der Waals surface area contributed by atoms with Gasteiger partial charge in [0.2, 0.25) is 0 Å². The van der Waals surface area contributed by atoms with E-state index in [0.717, 1.165) is 29.7 Å². The number of carbonyl (C=O) groups excluding carboxylic acids is 1. The quantitative estimate of drug-likeness (QED) is 0.340. The maximum absolute atomic E-state index is 12.6. The smallest absolute Gasteiger partial charge is 0.320 e. The van der Waals surface area contributed by atoms with Crippen LogP contribution in [-0.4, -0.2) is 39.9 Å². The second-order valence-corrected chi connectivity index (χ2v) is 10.3. The molecular weight excluding hydrogens is 430 g/mol. The Hall–Kier alpha value is -3.13. The van der Waals surface area contributed by atoms with Gasteiger partial charge in [-0.2, -0.15) is 0 Å². The van der Waals surface area contributed by atoms with Crippen molar-refractivity contribution in [2.75, 3.05) is 11.9 Å². The van der Waals surface area contributed by atoms with Crippen molar-refractivity contribution in [2.45, 2.75) is 77.6 Å². The molecule has 0 unspecified atom stereocenters. The van der Waals surface area contributed by atoms with Crippen LogP contribution in [0, 0.1) is 0 Å².